The maximum atomic E-state index is 17.5. The molecule has 2 N–H and O–H groups in total. The number of rotatable bonds is 10. The number of alkyl halides is 1. The highest BCUT2D eigenvalue weighted by molar-refractivity contribution is 7.85. The van der Waals surface area contributed by atoms with Gasteiger partial charge in [-0.3, -0.25) is 23.7 Å². The van der Waals surface area contributed by atoms with E-state index in [0.29, 0.717) is 37.7 Å². The van der Waals surface area contributed by atoms with Crippen LogP contribution < -0.4 is 0 Å². The number of Topliss-reactive ketones (excluding diaryl/α,β-unsaturated/α-hetero) is 1. The Labute approximate surface area is 245 Å². The molecule has 0 aromatic rings. The summed E-state index contributed by atoms with van der Waals surface area (Å²) < 4.78 is 59.7. The maximum Gasteiger partial charge on any atom is 0.307 e. The SMILES string of the molecule is CCCCC(=O)O[C@]1(C(=O)COC(=O)CCS(=O)(=O)O)[C@@H](C)C[C@H]2[C@@H]3CCC4=CC(=O)C=C[C@]4(C)C3(F)[C@@H](O)C[C@@]21C. The highest BCUT2D eigenvalue weighted by Gasteiger charge is 2.77. The second-order valence-corrected chi connectivity index (χ2v) is 14.4. The number of fused-ring (bicyclic) bond motifs is 5. The first-order chi connectivity index (χ1) is 19.5. The molecule has 42 heavy (non-hydrogen) atoms. The van der Waals surface area contributed by atoms with Gasteiger partial charge in [-0.25, -0.2) is 4.39 Å². The zero-order valence-corrected chi connectivity index (χ0v) is 25.4. The predicted molar refractivity (Wildman–Crippen MR) is 148 cm³/mol. The zero-order chi connectivity index (χ0) is 31.3. The van der Waals surface area contributed by atoms with Crippen molar-refractivity contribution in [2.24, 2.45) is 28.6 Å². The van der Waals surface area contributed by atoms with Crippen molar-refractivity contribution in [1.29, 1.82) is 0 Å². The topological polar surface area (TPSA) is 161 Å². The van der Waals surface area contributed by atoms with Crippen molar-refractivity contribution in [2.45, 2.75) is 96.4 Å². The summed E-state index contributed by atoms with van der Waals surface area (Å²) in [5.41, 5.74) is -5.83. The molecule has 3 fully saturated rings. The fraction of sp³-hybridized carbons (Fsp3) is 0.733. The summed E-state index contributed by atoms with van der Waals surface area (Å²) in [5.74, 6) is -5.35. The molecule has 0 amide bonds. The molecule has 1 unspecified atom stereocenters. The Balaban J connectivity index is 1.71. The molecule has 4 aliphatic rings. The number of hydrogen-bond acceptors (Lipinski definition) is 9. The van der Waals surface area contributed by atoms with Crippen LogP contribution in [-0.2, 0) is 38.8 Å². The fourth-order valence-electron chi connectivity index (χ4n) is 8.49. The number of hydrogen-bond donors (Lipinski definition) is 2. The molecule has 0 aromatic carbocycles. The number of carbonyl (C=O) groups is 4. The number of ether oxygens (including phenoxy) is 2. The van der Waals surface area contributed by atoms with E-state index in [4.69, 9.17) is 14.0 Å². The van der Waals surface area contributed by atoms with Gasteiger partial charge in [0.1, 0.15) is 0 Å². The van der Waals surface area contributed by atoms with E-state index < -0.39 is 92.6 Å². The third-order valence-corrected chi connectivity index (χ3v) is 11.3. The molecular weight excluding hydrogens is 571 g/mol. The molecule has 4 aliphatic carbocycles. The molecular formula is C30H41FO10S. The van der Waals surface area contributed by atoms with Crippen molar-refractivity contribution in [1.82, 2.24) is 0 Å². The van der Waals surface area contributed by atoms with Crippen LogP contribution in [0.5, 0.6) is 0 Å². The van der Waals surface area contributed by atoms with Gasteiger partial charge in [0.15, 0.2) is 23.7 Å². The van der Waals surface area contributed by atoms with Gasteiger partial charge in [0.25, 0.3) is 10.1 Å². The fourth-order valence-corrected chi connectivity index (χ4v) is 8.91. The minimum atomic E-state index is -4.43. The van der Waals surface area contributed by atoms with Gasteiger partial charge in [0.05, 0.1) is 18.3 Å². The Hall–Kier alpha value is -2.44. The van der Waals surface area contributed by atoms with E-state index in [1.165, 1.54) is 18.2 Å². The second kappa shape index (κ2) is 11.2. The summed E-state index contributed by atoms with van der Waals surface area (Å²) in [6, 6.07) is 0. The number of aliphatic hydroxyl groups is 1. The van der Waals surface area contributed by atoms with E-state index in [2.05, 4.69) is 0 Å². The van der Waals surface area contributed by atoms with E-state index in [1.807, 2.05) is 6.92 Å². The Morgan fingerprint density at radius 1 is 1.14 bits per heavy atom. The van der Waals surface area contributed by atoms with Crippen LogP contribution in [0.4, 0.5) is 4.39 Å². The Morgan fingerprint density at radius 2 is 1.83 bits per heavy atom. The van der Waals surface area contributed by atoms with Gasteiger partial charge in [0, 0.05) is 29.1 Å². The number of esters is 2. The van der Waals surface area contributed by atoms with Gasteiger partial charge < -0.3 is 14.6 Å². The molecule has 0 aromatic heterocycles. The molecule has 0 aliphatic heterocycles. The lowest BCUT2D eigenvalue weighted by Crippen LogP contribution is -2.70. The molecule has 0 bridgehead atoms. The molecule has 234 valence electrons. The monoisotopic (exact) mass is 612 g/mol. The van der Waals surface area contributed by atoms with Crippen molar-refractivity contribution in [3.8, 4) is 0 Å². The molecule has 0 saturated heterocycles. The Bertz CT molecular complexity index is 1320. The zero-order valence-electron chi connectivity index (χ0n) is 24.6. The number of halogens is 1. The Morgan fingerprint density at radius 3 is 2.48 bits per heavy atom. The number of carbonyl (C=O) groups excluding carboxylic acids is 4. The van der Waals surface area contributed by atoms with Crippen molar-refractivity contribution >= 4 is 33.6 Å². The number of ketones is 2. The average molecular weight is 613 g/mol. The molecule has 4 rings (SSSR count). The molecule has 3 saturated carbocycles. The summed E-state index contributed by atoms with van der Waals surface area (Å²) in [6.07, 6.45) is 4.14. The van der Waals surface area contributed by atoms with Crippen molar-refractivity contribution < 1.29 is 51.1 Å². The predicted octanol–water partition coefficient (Wildman–Crippen LogP) is 3.47. The lowest BCUT2D eigenvalue weighted by Gasteiger charge is -2.62. The van der Waals surface area contributed by atoms with Gasteiger partial charge >= 0.3 is 11.9 Å². The van der Waals surface area contributed by atoms with Crippen LogP contribution in [0.2, 0.25) is 0 Å². The van der Waals surface area contributed by atoms with Crippen molar-refractivity contribution in [3.63, 3.8) is 0 Å². The van der Waals surface area contributed by atoms with E-state index in [9.17, 15) is 32.7 Å². The summed E-state index contributed by atoms with van der Waals surface area (Å²) in [4.78, 5) is 51.5. The summed E-state index contributed by atoms with van der Waals surface area (Å²) in [6.45, 7) is 6.22. The third kappa shape index (κ3) is 5.06. The van der Waals surface area contributed by atoms with E-state index >= 15 is 4.39 Å². The first-order valence-corrected chi connectivity index (χ1v) is 16.2. The minimum Gasteiger partial charge on any atom is -0.457 e. The molecule has 10 nitrogen and oxygen atoms in total. The molecule has 0 heterocycles. The van der Waals surface area contributed by atoms with Crippen molar-refractivity contribution in [3.05, 3.63) is 23.8 Å². The van der Waals surface area contributed by atoms with Crippen LogP contribution in [-0.4, -0.2) is 71.3 Å². The van der Waals surface area contributed by atoms with Crippen LogP contribution in [0.3, 0.4) is 0 Å². The summed E-state index contributed by atoms with van der Waals surface area (Å²) >= 11 is 0. The van der Waals surface area contributed by atoms with Gasteiger partial charge in [-0.05, 0) is 57.1 Å². The number of allylic oxidation sites excluding steroid dienone is 4. The van der Waals surface area contributed by atoms with Crippen molar-refractivity contribution in [2.75, 3.05) is 12.4 Å². The van der Waals surface area contributed by atoms with Gasteiger partial charge in [-0.1, -0.05) is 38.8 Å². The molecule has 12 heteroatoms. The average Bonchev–Trinajstić information content (AvgIpc) is 3.12. The summed E-state index contributed by atoms with van der Waals surface area (Å²) in [7, 11) is -4.43. The van der Waals surface area contributed by atoms with E-state index in [-0.39, 0.29) is 18.6 Å². The molecule has 8 atom stereocenters. The van der Waals surface area contributed by atoms with Crippen LogP contribution in [0.25, 0.3) is 0 Å². The highest BCUT2D eigenvalue weighted by Crippen LogP contribution is 2.71. The smallest absolute Gasteiger partial charge is 0.307 e. The lowest BCUT2D eigenvalue weighted by molar-refractivity contribution is -0.228. The molecule has 0 radical (unpaired) electrons. The largest absolute Gasteiger partial charge is 0.457 e. The number of unbranched alkanes of at least 4 members (excludes halogenated alkanes) is 1. The molecule has 0 spiro atoms. The third-order valence-electron chi connectivity index (χ3n) is 10.5. The standard InChI is InChI=1S/C30H41FO10S/c1-5-6-7-26(36)41-30(24(34)17-40-25(35)11-13-42(37,38)39)18(2)14-22-21-9-8-19-15-20(32)10-12-27(19,3)29(21,31)23(33)16-28(22,30)4/h10,12,15,18,21-23,33H,5-9,11,13-14,16-17H2,1-4H3,(H,37,38,39)/t18-,21-,22-,23-,27-,28-,29?,30-/m0/s1. The number of aliphatic hydroxyl groups excluding tert-OH is 1. The van der Waals surface area contributed by atoms with E-state index in [1.54, 1.807) is 20.8 Å². The van der Waals surface area contributed by atoms with Gasteiger partial charge in [-0.15, -0.1) is 0 Å². The summed E-state index contributed by atoms with van der Waals surface area (Å²) in [5, 5.41) is 11.6. The van der Waals surface area contributed by atoms with Gasteiger partial charge in [0.2, 0.25) is 5.78 Å². The quantitative estimate of drug-likeness (QED) is 0.276. The maximum absolute atomic E-state index is 17.5. The van der Waals surface area contributed by atoms with E-state index in [0.717, 1.165) is 0 Å². The van der Waals surface area contributed by atoms with Crippen LogP contribution in [0.1, 0.15) is 79.1 Å². The second-order valence-electron chi connectivity index (χ2n) is 12.8. The van der Waals surface area contributed by atoms with Crippen LogP contribution in [0.15, 0.2) is 23.8 Å². The van der Waals surface area contributed by atoms with Crippen LogP contribution in [0, 0.1) is 28.6 Å². The van der Waals surface area contributed by atoms with Gasteiger partial charge in [-0.2, -0.15) is 8.42 Å². The first-order valence-electron chi connectivity index (χ1n) is 14.6. The lowest BCUT2D eigenvalue weighted by atomic mass is 9.44. The minimum absolute atomic E-state index is 0.0389. The first kappa shape index (κ1) is 32.5. The highest BCUT2D eigenvalue weighted by atomic mass is 32.2. The normalized spacial score (nSPS) is 39.0. The Kier molecular flexibility index (Phi) is 8.69. The van der Waals surface area contributed by atoms with Crippen LogP contribution >= 0.6 is 0 Å².